The second-order valence-electron chi connectivity index (χ2n) is 9.79. The fraction of sp³-hybridized carbons (Fsp3) is 0.520. The Morgan fingerprint density at radius 1 is 0.886 bits per heavy atom. The summed E-state index contributed by atoms with van der Waals surface area (Å²) in [6.07, 6.45) is 8.25. The maximum Gasteiger partial charge on any atom is 0.272 e. The molecule has 0 atom stereocenters. The Hall–Kier alpha value is -3.40. The third-order valence-electron chi connectivity index (χ3n) is 7.35. The van der Waals surface area contributed by atoms with Crippen LogP contribution < -0.4 is 15.2 Å². The highest BCUT2D eigenvalue weighted by Crippen LogP contribution is 2.25. The van der Waals surface area contributed by atoms with Crippen molar-refractivity contribution < 1.29 is 4.79 Å². The smallest absolute Gasteiger partial charge is 0.272 e. The molecule has 3 aliphatic rings. The molecule has 0 radical (unpaired) electrons. The van der Waals surface area contributed by atoms with Crippen molar-refractivity contribution in [3.05, 3.63) is 36.3 Å². The van der Waals surface area contributed by atoms with E-state index in [2.05, 4.69) is 43.2 Å². The van der Waals surface area contributed by atoms with Crippen molar-refractivity contribution in [1.29, 1.82) is 0 Å². The topological polar surface area (TPSA) is 85.7 Å². The fourth-order valence-electron chi connectivity index (χ4n) is 5.06. The fourth-order valence-corrected chi connectivity index (χ4v) is 5.06. The normalized spacial score (nSPS) is 19.2. The van der Waals surface area contributed by atoms with Crippen LogP contribution in [0.2, 0.25) is 0 Å². The van der Waals surface area contributed by atoms with E-state index in [1.807, 2.05) is 27.9 Å². The van der Waals surface area contributed by atoms with Crippen molar-refractivity contribution in [2.24, 2.45) is 0 Å². The quantitative estimate of drug-likeness (QED) is 0.602. The van der Waals surface area contributed by atoms with E-state index < -0.39 is 0 Å². The maximum absolute atomic E-state index is 13.2. The summed E-state index contributed by atoms with van der Waals surface area (Å²) in [4.78, 5) is 33.8. The van der Waals surface area contributed by atoms with Gasteiger partial charge in [-0.25, -0.2) is 14.6 Å². The lowest BCUT2D eigenvalue weighted by molar-refractivity contribution is 0.0640. The number of aromatic nitrogens is 4. The summed E-state index contributed by atoms with van der Waals surface area (Å²) in [5, 5.41) is 6.40. The average molecular weight is 476 g/mol. The van der Waals surface area contributed by atoms with Gasteiger partial charge in [-0.3, -0.25) is 4.79 Å². The van der Waals surface area contributed by atoms with Gasteiger partial charge in [0, 0.05) is 63.9 Å². The molecule has 1 N–H and O–H groups in total. The number of rotatable bonds is 5. The number of hydrogen-bond acceptors (Lipinski definition) is 8. The number of carbonyl (C=O) groups is 1. The highest BCUT2D eigenvalue weighted by atomic mass is 16.2. The Balaban J connectivity index is 1.27. The van der Waals surface area contributed by atoms with E-state index in [0.29, 0.717) is 17.5 Å². The first-order valence-corrected chi connectivity index (χ1v) is 12.8. The molecule has 10 nitrogen and oxygen atoms in total. The summed E-state index contributed by atoms with van der Waals surface area (Å²) in [5.74, 6) is 1.27. The van der Waals surface area contributed by atoms with Gasteiger partial charge in [0.15, 0.2) is 5.65 Å². The van der Waals surface area contributed by atoms with Crippen molar-refractivity contribution in [2.45, 2.75) is 25.7 Å². The predicted molar refractivity (Wildman–Crippen MR) is 137 cm³/mol. The molecule has 10 heteroatoms. The summed E-state index contributed by atoms with van der Waals surface area (Å²) in [6.45, 7) is 7.65. The number of hydrogen-bond donors (Lipinski definition) is 1. The molecule has 0 saturated carbocycles. The Labute approximate surface area is 205 Å². The SMILES string of the molecule is CN1CCN(c2ccc(Nc3ncc4cc(C(=O)N5CCC5)n(N5CCCCC5)c4n3)nc2)CC1. The van der Waals surface area contributed by atoms with Gasteiger partial charge in [0.25, 0.3) is 5.91 Å². The molecule has 6 rings (SSSR count). The summed E-state index contributed by atoms with van der Waals surface area (Å²) < 4.78 is 2.03. The van der Waals surface area contributed by atoms with Crippen LogP contribution in [0, 0.1) is 0 Å². The number of amides is 1. The molecule has 3 aromatic rings. The van der Waals surface area contributed by atoms with E-state index in [1.54, 1.807) is 6.20 Å². The lowest BCUT2D eigenvalue weighted by Gasteiger charge is -2.34. The van der Waals surface area contributed by atoms with Gasteiger partial charge in [0.1, 0.15) is 11.5 Å². The molecule has 1 amide bonds. The number of carbonyl (C=O) groups excluding carboxylic acids is 1. The highest BCUT2D eigenvalue weighted by molar-refractivity contribution is 5.98. The lowest BCUT2D eigenvalue weighted by atomic mass is 10.2. The Kier molecular flexibility index (Phi) is 5.89. The molecule has 35 heavy (non-hydrogen) atoms. The Morgan fingerprint density at radius 2 is 1.69 bits per heavy atom. The standard InChI is InChI=1S/C25H33N9O/c1-30-12-14-31(15-13-30)20-6-7-22(26-18-20)28-25-27-17-19-16-21(24(35)32-8-5-9-32)34(23(19)29-25)33-10-3-2-4-11-33/h6-7,16-18H,2-5,8-15H2,1H3,(H,26,27,28,29). The molecule has 3 fully saturated rings. The van der Waals surface area contributed by atoms with Gasteiger partial charge in [-0.1, -0.05) is 0 Å². The van der Waals surface area contributed by atoms with E-state index in [1.165, 1.54) is 6.42 Å². The molecule has 0 aromatic carbocycles. The monoisotopic (exact) mass is 475 g/mol. The predicted octanol–water partition coefficient (Wildman–Crippen LogP) is 2.29. The van der Waals surface area contributed by atoms with Crippen LogP contribution in [0.5, 0.6) is 0 Å². The first kappa shape index (κ1) is 22.1. The van der Waals surface area contributed by atoms with Crippen LogP contribution in [0.4, 0.5) is 17.5 Å². The van der Waals surface area contributed by atoms with Crippen molar-refractivity contribution in [3.8, 4) is 0 Å². The molecular formula is C25H33N9O. The second kappa shape index (κ2) is 9.33. The zero-order valence-electron chi connectivity index (χ0n) is 20.4. The maximum atomic E-state index is 13.2. The van der Waals surface area contributed by atoms with E-state index in [9.17, 15) is 4.79 Å². The van der Waals surface area contributed by atoms with E-state index >= 15 is 0 Å². The minimum Gasteiger partial charge on any atom is -0.368 e. The molecule has 6 heterocycles. The summed E-state index contributed by atoms with van der Waals surface area (Å²) >= 11 is 0. The first-order valence-electron chi connectivity index (χ1n) is 12.8. The van der Waals surface area contributed by atoms with Crippen LogP contribution in [0.1, 0.15) is 36.2 Å². The van der Waals surface area contributed by atoms with Gasteiger partial charge in [0.2, 0.25) is 5.95 Å². The van der Waals surface area contributed by atoms with Crippen molar-refractivity contribution in [1.82, 2.24) is 29.4 Å². The van der Waals surface area contributed by atoms with Gasteiger partial charge in [-0.05, 0) is 50.9 Å². The summed E-state index contributed by atoms with van der Waals surface area (Å²) in [6, 6.07) is 6.01. The van der Waals surface area contributed by atoms with Crippen molar-refractivity contribution in [3.63, 3.8) is 0 Å². The van der Waals surface area contributed by atoms with E-state index in [-0.39, 0.29) is 5.91 Å². The molecule has 0 unspecified atom stereocenters. The number of fused-ring (bicyclic) bond motifs is 1. The van der Waals surface area contributed by atoms with Crippen LogP contribution in [0.25, 0.3) is 11.0 Å². The summed E-state index contributed by atoms with van der Waals surface area (Å²) in [7, 11) is 2.16. The van der Waals surface area contributed by atoms with E-state index in [0.717, 1.165) is 88.3 Å². The highest BCUT2D eigenvalue weighted by Gasteiger charge is 2.28. The van der Waals surface area contributed by atoms with Crippen LogP contribution in [0.3, 0.4) is 0 Å². The van der Waals surface area contributed by atoms with Crippen molar-refractivity contribution >= 4 is 34.4 Å². The molecular weight excluding hydrogens is 442 g/mol. The van der Waals surface area contributed by atoms with Crippen LogP contribution in [-0.2, 0) is 0 Å². The number of likely N-dealkylation sites (tertiary alicyclic amines) is 1. The van der Waals surface area contributed by atoms with E-state index in [4.69, 9.17) is 4.98 Å². The van der Waals surface area contributed by atoms with Crippen LogP contribution in [-0.4, -0.2) is 94.7 Å². The van der Waals surface area contributed by atoms with Gasteiger partial charge in [-0.15, -0.1) is 0 Å². The average Bonchev–Trinajstić information content (AvgIpc) is 3.23. The zero-order chi connectivity index (χ0) is 23.8. The van der Waals surface area contributed by atoms with Crippen LogP contribution in [0.15, 0.2) is 30.6 Å². The number of piperazine rings is 1. The minimum absolute atomic E-state index is 0.0792. The van der Waals surface area contributed by atoms with Gasteiger partial charge in [-0.2, -0.15) is 4.98 Å². The number of piperidine rings is 1. The Morgan fingerprint density at radius 3 is 2.37 bits per heavy atom. The summed E-state index contributed by atoms with van der Waals surface area (Å²) in [5.41, 5.74) is 2.58. The largest absolute Gasteiger partial charge is 0.368 e. The molecule has 0 bridgehead atoms. The molecule has 0 spiro atoms. The molecule has 0 aliphatic carbocycles. The third kappa shape index (κ3) is 4.38. The second-order valence-corrected chi connectivity index (χ2v) is 9.79. The first-order chi connectivity index (χ1) is 17.2. The van der Waals surface area contributed by atoms with Gasteiger partial charge >= 0.3 is 0 Å². The number of anilines is 3. The van der Waals surface area contributed by atoms with Gasteiger partial charge < -0.3 is 25.0 Å². The number of pyridine rings is 1. The number of likely N-dealkylation sites (N-methyl/N-ethyl adjacent to an activating group) is 1. The molecule has 3 aliphatic heterocycles. The molecule has 3 saturated heterocycles. The lowest BCUT2D eigenvalue weighted by Crippen LogP contribution is -2.46. The number of nitrogens with one attached hydrogen (secondary N) is 1. The third-order valence-corrected chi connectivity index (χ3v) is 7.35. The number of nitrogens with zero attached hydrogens (tertiary/aromatic N) is 8. The van der Waals surface area contributed by atoms with Crippen molar-refractivity contribution in [2.75, 3.05) is 74.6 Å². The van der Waals surface area contributed by atoms with Gasteiger partial charge in [0.05, 0.1) is 11.9 Å². The molecule has 3 aromatic heterocycles. The minimum atomic E-state index is 0.0792. The van der Waals surface area contributed by atoms with Crippen LogP contribution >= 0.6 is 0 Å². The Bertz CT molecular complexity index is 1190. The molecule has 184 valence electrons. The zero-order valence-corrected chi connectivity index (χ0v) is 20.4.